The summed E-state index contributed by atoms with van der Waals surface area (Å²) in [4.78, 5) is 1.26. The van der Waals surface area contributed by atoms with Crippen LogP contribution in [0.3, 0.4) is 0 Å². The molecule has 0 bridgehead atoms. The summed E-state index contributed by atoms with van der Waals surface area (Å²) in [5, 5.41) is 13.4. The first-order valence-corrected chi connectivity index (χ1v) is 7.54. The molecule has 98 valence electrons. The molecule has 1 aliphatic carbocycles. The fraction of sp³-hybridized carbons (Fsp3) is 0.571. The van der Waals surface area contributed by atoms with E-state index in [1.165, 1.54) is 29.5 Å². The van der Waals surface area contributed by atoms with Crippen molar-refractivity contribution in [2.45, 2.75) is 39.0 Å². The highest BCUT2D eigenvalue weighted by atomic mass is 32.1. The molecule has 1 fully saturated rings. The van der Waals surface area contributed by atoms with Gasteiger partial charge in [-0.2, -0.15) is 0 Å². The summed E-state index contributed by atoms with van der Waals surface area (Å²) in [6.07, 6.45) is 3.18. The lowest BCUT2D eigenvalue weighted by atomic mass is 9.85. The smallest absolute Gasteiger partial charge is 0.196 e. The van der Waals surface area contributed by atoms with Crippen molar-refractivity contribution < 1.29 is 9.84 Å². The van der Waals surface area contributed by atoms with E-state index in [-0.39, 0.29) is 0 Å². The van der Waals surface area contributed by atoms with Crippen LogP contribution in [0.1, 0.15) is 38.2 Å². The van der Waals surface area contributed by atoms with E-state index in [2.05, 4.69) is 22.1 Å². The van der Waals surface area contributed by atoms with Crippen LogP contribution >= 0.6 is 11.3 Å². The van der Waals surface area contributed by atoms with Gasteiger partial charge in [-0.1, -0.05) is 6.42 Å². The predicted molar refractivity (Wildman–Crippen MR) is 73.7 cm³/mol. The van der Waals surface area contributed by atoms with E-state index in [0.717, 1.165) is 18.2 Å². The van der Waals surface area contributed by atoms with E-state index in [0.29, 0.717) is 6.61 Å². The van der Waals surface area contributed by atoms with Gasteiger partial charge in [-0.05, 0) is 43.2 Å². The van der Waals surface area contributed by atoms with Crippen LogP contribution in [0.5, 0.6) is 0 Å². The SMILES string of the molecule is CCOC(O)c1cc2ccsc2n1CC1CCC1. The zero-order valence-corrected chi connectivity index (χ0v) is 11.4. The monoisotopic (exact) mass is 265 g/mol. The normalized spacial score (nSPS) is 18.1. The Morgan fingerprint density at radius 2 is 2.39 bits per heavy atom. The van der Waals surface area contributed by atoms with E-state index >= 15 is 0 Å². The van der Waals surface area contributed by atoms with E-state index < -0.39 is 6.29 Å². The Hall–Kier alpha value is -0.840. The summed E-state index contributed by atoms with van der Waals surface area (Å²) < 4.78 is 7.59. The average Bonchev–Trinajstić information content (AvgIpc) is 2.84. The molecule has 18 heavy (non-hydrogen) atoms. The highest BCUT2D eigenvalue weighted by molar-refractivity contribution is 7.16. The third-order valence-corrected chi connectivity index (χ3v) is 4.73. The van der Waals surface area contributed by atoms with Gasteiger partial charge in [0.1, 0.15) is 4.83 Å². The van der Waals surface area contributed by atoms with Crippen LogP contribution in [0.25, 0.3) is 10.2 Å². The zero-order valence-electron chi connectivity index (χ0n) is 10.6. The third-order valence-electron chi connectivity index (χ3n) is 3.78. The minimum absolute atomic E-state index is 0.531. The topological polar surface area (TPSA) is 34.4 Å². The average molecular weight is 265 g/mol. The zero-order chi connectivity index (χ0) is 12.5. The minimum Gasteiger partial charge on any atom is -0.363 e. The quantitative estimate of drug-likeness (QED) is 0.839. The van der Waals surface area contributed by atoms with Crippen molar-refractivity contribution in [3.05, 3.63) is 23.2 Å². The number of aliphatic hydroxyl groups is 1. The molecule has 0 saturated heterocycles. The van der Waals surface area contributed by atoms with Crippen LogP contribution in [0.15, 0.2) is 17.5 Å². The Bertz CT molecular complexity index is 527. The van der Waals surface area contributed by atoms with Gasteiger partial charge in [-0.25, -0.2) is 0 Å². The maximum absolute atomic E-state index is 10.1. The lowest BCUT2D eigenvalue weighted by Gasteiger charge is -2.27. The Morgan fingerprint density at radius 1 is 1.56 bits per heavy atom. The molecule has 1 aliphatic rings. The molecular weight excluding hydrogens is 246 g/mol. The molecule has 1 N–H and O–H groups in total. The number of hydrogen-bond acceptors (Lipinski definition) is 3. The molecule has 4 heteroatoms. The highest BCUT2D eigenvalue weighted by Crippen LogP contribution is 2.34. The molecule has 1 unspecified atom stereocenters. The van der Waals surface area contributed by atoms with Gasteiger partial charge < -0.3 is 14.4 Å². The number of fused-ring (bicyclic) bond motifs is 1. The van der Waals surface area contributed by atoms with E-state index in [1.807, 2.05) is 6.92 Å². The predicted octanol–water partition coefficient (Wildman–Crippen LogP) is 3.53. The molecular formula is C14H19NO2S. The molecule has 0 radical (unpaired) electrons. The standard InChI is InChI=1S/C14H19NO2S/c1-2-17-14(16)12-8-11-6-7-18-13(11)15(12)9-10-4-3-5-10/h6-8,10,14,16H,2-5,9H2,1H3. The number of rotatable bonds is 5. The van der Waals surface area contributed by atoms with Crippen LogP contribution in [-0.2, 0) is 11.3 Å². The number of aromatic nitrogens is 1. The molecule has 3 nitrogen and oxygen atoms in total. The molecule has 0 spiro atoms. The number of ether oxygens (including phenoxy) is 1. The number of aliphatic hydroxyl groups excluding tert-OH is 1. The molecule has 3 rings (SSSR count). The maximum Gasteiger partial charge on any atom is 0.196 e. The molecule has 1 atom stereocenters. The molecule has 0 amide bonds. The van der Waals surface area contributed by atoms with Crippen molar-refractivity contribution in [2.75, 3.05) is 6.61 Å². The summed E-state index contributed by atoms with van der Waals surface area (Å²) in [6, 6.07) is 4.17. The van der Waals surface area contributed by atoms with Gasteiger partial charge in [0.05, 0.1) is 5.69 Å². The fourth-order valence-electron chi connectivity index (χ4n) is 2.56. The Balaban J connectivity index is 1.94. The Morgan fingerprint density at radius 3 is 3.06 bits per heavy atom. The second-order valence-corrected chi connectivity index (χ2v) is 5.86. The molecule has 1 saturated carbocycles. The maximum atomic E-state index is 10.1. The minimum atomic E-state index is -0.797. The third kappa shape index (κ3) is 2.09. The Labute approximate surface area is 111 Å². The van der Waals surface area contributed by atoms with Crippen molar-refractivity contribution in [2.24, 2.45) is 5.92 Å². The van der Waals surface area contributed by atoms with E-state index in [9.17, 15) is 5.11 Å². The molecule has 2 aromatic rings. The summed E-state index contributed by atoms with van der Waals surface area (Å²) >= 11 is 1.74. The van der Waals surface area contributed by atoms with Gasteiger partial charge in [0.2, 0.25) is 0 Å². The van der Waals surface area contributed by atoms with Crippen LogP contribution in [0.4, 0.5) is 0 Å². The Kier molecular flexibility index (Phi) is 3.41. The van der Waals surface area contributed by atoms with Crippen LogP contribution in [0.2, 0.25) is 0 Å². The van der Waals surface area contributed by atoms with Gasteiger partial charge in [0, 0.05) is 18.5 Å². The van der Waals surface area contributed by atoms with Crippen LogP contribution in [0, 0.1) is 5.92 Å². The lowest BCUT2D eigenvalue weighted by molar-refractivity contribution is -0.103. The number of hydrogen-bond donors (Lipinski definition) is 1. The second-order valence-electron chi connectivity index (χ2n) is 4.97. The van der Waals surface area contributed by atoms with Crippen molar-refractivity contribution in [3.8, 4) is 0 Å². The summed E-state index contributed by atoms with van der Waals surface area (Å²) in [6.45, 7) is 3.46. The van der Waals surface area contributed by atoms with Crippen molar-refractivity contribution >= 4 is 21.6 Å². The molecule has 2 heterocycles. The summed E-state index contributed by atoms with van der Waals surface area (Å²) in [5.41, 5.74) is 0.908. The van der Waals surface area contributed by atoms with Crippen molar-refractivity contribution in [3.63, 3.8) is 0 Å². The van der Waals surface area contributed by atoms with Crippen molar-refractivity contribution in [1.29, 1.82) is 0 Å². The number of thiophene rings is 1. The molecule has 0 aromatic carbocycles. The van der Waals surface area contributed by atoms with Crippen LogP contribution in [-0.4, -0.2) is 16.3 Å². The van der Waals surface area contributed by atoms with Gasteiger partial charge in [-0.15, -0.1) is 11.3 Å². The van der Waals surface area contributed by atoms with Gasteiger partial charge in [-0.3, -0.25) is 0 Å². The van der Waals surface area contributed by atoms with Crippen molar-refractivity contribution in [1.82, 2.24) is 4.57 Å². The molecule has 2 aromatic heterocycles. The fourth-order valence-corrected chi connectivity index (χ4v) is 3.48. The van der Waals surface area contributed by atoms with Gasteiger partial charge >= 0.3 is 0 Å². The lowest BCUT2D eigenvalue weighted by Crippen LogP contribution is -2.20. The van der Waals surface area contributed by atoms with Gasteiger partial charge in [0.25, 0.3) is 0 Å². The first-order chi connectivity index (χ1) is 8.79. The van der Waals surface area contributed by atoms with Gasteiger partial charge in [0.15, 0.2) is 6.29 Å². The van der Waals surface area contributed by atoms with Crippen LogP contribution < -0.4 is 0 Å². The summed E-state index contributed by atoms with van der Waals surface area (Å²) in [7, 11) is 0. The first kappa shape index (κ1) is 12.2. The summed E-state index contributed by atoms with van der Waals surface area (Å²) in [5.74, 6) is 0.773. The van der Waals surface area contributed by atoms with E-state index in [1.54, 1.807) is 11.3 Å². The molecule has 0 aliphatic heterocycles. The largest absolute Gasteiger partial charge is 0.363 e. The second kappa shape index (κ2) is 5.03. The first-order valence-electron chi connectivity index (χ1n) is 6.66. The van der Waals surface area contributed by atoms with E-state index in [4.69, 9.17) is 4.74 Å². The highest BCUT2D eigenvalue weighted by Gasteiger charge is 2.23. The number of nitrogens with zero attached hydrogens (tertiary/aromatic N) is 1.